The third-order valence-corrected chi connectivity index (χ3v) is 3.01. The minimum absolute atomic E-state index is 0. The van der Waals surface area contributed by atoms with E-state index in [4.69, 9.17) is 9.47 Å². The summed E-state index contributed by atoms with van der Waals surface area (Å²) in [5, 5.41) is 13.0. The van der Waals surface area contributed by atoms with E-state index in [9.17, 15) is 19.1 Å². The smallest absolute Gasteiger partial charge is 0.550 e. The molecule has 23 heavy (non-hydrogen) atoms. The van der Waals surface area contributed by atoms with Crippen molar-refractivity contribution in [2.45, 2.75) is 6.92 Å². The summed E-state index contributed by atoms with van der Waals surface area (Å²) < 4.78 is 23.9. The van der Waals surface area contributed by atoms with E-state index in [0.29, 0.717) is 0 Å². The average molecular weight is 352 g/mol. The summed E-state index contributed by atoms with van der Waals surface area (Å²) in [6.45, 7) is 1.35. The molecule has 0 saturated heterocycles. The normalized spacial score (nSPS) is 11.0. The summed E-state index contributed by atoms with van der Waals surface area (Å²) in [6, 6.07) is 1.71. The van der Waals surface area contributed by atoms with Gasteiger partial charge in [0.15, 0.2) is 17.3 Å². The molecule has 122 valence electrons. The van der Waals surface area contributed by atoms with E-state index in [0.717, 1.165) is 11.0 Å². The van der Waals surface area contributed by atoms with Gasteiger partial charge in [-0.3, -0.25) is 0 Å². The summed E-state index contributed by atoms with van der Waals surface area (Å²) in [5.74, 6) is -2.36. The second kappa shape index (κ2) is 10.1. The number of nitrogens with zero attached hydrogens (tertiary/aromatic N) is 1. The van der Waals surface area contributed by atoms with Gasteiger partial charge in [-0.25, -0.2) is 9.18 Å². The van der Waals surface area contributed by atoms with Crippen molar-refractivity contribution < 1.29 is 79.9 Å². The first kappa shape index (κ1) is 22.1. The molecule has 0 saturated carbocycles. The SMILES string of the molecule is COc1cc(F)c(NC(=O)N(C)CC(C)C(=O)[O-])cc1OC.[K+]. The first-order chi connectivity index (χ1) is 10.3. The summed E-state index contributed by atoms with van der Waals surface area (Å²) in [5.41, 5.74) is -0.101. The summed E-state index contributed by atoms with van der Waals surface area (Å²) in [7, 11) is 4.15. The van der Waals surface area contributed by atoms with Gasteiger partial charge in [-0.1, -0.05) is 6.92 Å². The van der Waals surface area contributed by atoms with Crippen molar-refractivity contribution >= 4 is 17.7 Å². The number of carbonyl (C=O) groups is 2. The van der Waals surface area contributed by atoms with Crippen molar-refractivity contribution in [1.82, 2.24) is 4.90 Å². The Balaban J connectivity index is 0.00000484. The van der Waals surface area contributed by atoms with Crippen LogP contribution in [0, 0.1) is 11.7 Å². The molecule has 0 aliphatic rings. The first-order valence-electron chi connectivity index (χ1n) is 6.44. The number of hydrogen-bond donors (Lipinski definition) is 1. The van der Waals surface area contributed by atoms with Gasteiger partial charge in [0.25, 0.3) is 0 Å². The molecule has 1 atom stereocenters. The Labute approximate surface area is 176 Å². The Hall–Kier alpha value is -0.874. The second-order valence-corrected chi connectivity index (χ2v) is 4.72. The number of carboxylic acid groups (broad SMARTS) is 1. The summed E-state index contributed by atoms with van der Waals surface area (Å²) in [6.07, 6.45) is 0. The third-order valence-electron chi connectivity index (χ3n) is 3.01. The molecule has 0 bridgehead atoms. The second-order valence-electron chi connectivity index (χ2n) is 4.72. The van der Waals surface area contributed by atoms with Crippen LogP contribution >= 0.6 is 0 Å². The number of aliphatic carboxylic acids is 1. The quantitative estimate of drug-likeness (QED) is 0.582. The van der Waals surface area contributed by atoms with Crippen LogP contribution in [0.3, 0.4) is 0 Å². The number of anilines is 1. The minimum atomic E-state index is -1.27. The van der Waals surface area contributed by atoms with Crippen LogP contribution < -0.4 is 71.3 Å². The molecule has 0 heterocycles. The number of benzene rings is 1. The monoisotopic (exact) mass is 352 g/mol. The number of hydrogen-bond acceptors (Lipinski definition) is 5. The van der Waals surface area contributed by atoms with E-state index < -0.39 is 23.7 Å². The molecule has 1 N–H and O–H groups in total. The average Bonchev–Trinajstić information content (AvgIpc) is 2.48. The van der Waals surface area contributed by atoms with Crippen molar-refractivity contribution in [3.8, 4) is 11.5 Å². The topological polar surface area (TPSA) is 90.9 Å². The van der Waals surface area contributed by atoms with Crippen molar-refractivity contribution in [1.29, 1.82) is 0 Å². The van der Waals surface area contributed by atoms with Crippen molar-refractivity contribution in [2.75, 3.05) is 33.1 Å². The van der Waals surface area contributed by atoms with Gasteiger partial charge in [0.2, 0.25) is 0 Å². The molecule has 0 aromatic heterocycles. The number of nitrogens with one attached hydrogen (secondary N) is 1. The summed E-state index contributed by atoms with van der Waals surface area (Å²) in [4.78, 5) is 23.7. The Morgan fingerprint density at radius 2 is 1.83 bits per heavy atom. The molecule has 2 amide bonds. The van der Waals surface area contributed by atoms with E-state index in [1.165, 1.54) is 34.3 Å². The number of urea groups is 1. The molecule has 1 aromatic carbocycles. The Morgan fingerprint density at radius 1 is 1.30 bits per heavy atom. The number of halogens is 1. The van der Waals surface area contributed by atoms with Crippen LogP contribution in [0.1, 0.15) is 6.92 Å². The molecular weight excluding hydrogens is 334 g/mol. The zero-order valence-corrected chi connectivity index (χ0v) is 16.9. The molecule has 0 fully saturated rings. The van der Waals surface area contributed by atoms with Gasteiger partial charge in [-0.05, 0) is 0 Å². The van der Waals surface area contributed by atoms with Crippen LogP contribution in [-0.2, 0) is 4.79 Å². The molecule has 0 radical (unpaired) electrons. The zero-order chi connectivity index (χ0) is 16.9. The predicted octanol–water partition coefficient (Wildman–Crippen LogP) is -2.30. The number of ether oxygens (including phenoxy) is 2. The maximum Gasteiger partial charge on any atom is 1.00 e. The van der Waals surface area contributed by atoms with Crippen LogP contribution in [0.5, 0.6) is 11.5 Å². The fraction of sp³-hybridized carbons (Fsp3) is 0.429. The molecule has 9 heteroatoms. The van der Waals surface area contributed by atoms with Crippen molar-refractivity contribution in [2.24, 2.45) is 5.92 Å². The molecule has 1 rings (SSSR count). The molecule has 0 spiro atoms. The van der Waals surface area contributed by atoms with E-state index in [1.54, 1.807) is 0 Å². The third kappa shape index (κ3) is 6.26. The Kier molecular flexibility index (Phi) is 9.70. The predicted molar refractivity (Wildman–Crippen MR) is 75.3 cm³/mol. The molecular formula is C14H18FKN2O5. The van der Waals surface area contributed by atoms with E-state index in [1.807, 2.05) is 0 Å². The molecule has 0 aliphatic heterocycles. The van der Waals surface area contributed by atoms with Crippen LogP contribution in [0.25, 0.3) is 0 Å². The number of methoxy groups -OCH3 is 2. The van der Waals surface area contributed by atoms with Gasteiger partial charge < -0.3 is 29.6 Å². The van der Waals surface area contributed by atoms with Gasteiger partial charge in [0.1, 0.15) is 0 Å². The van der Waals surface area contributed by atoms with Gasteiger partial charge in [0, 0.05) is 37.6 Å². The first-order valence-corrected chi connectivity index (χ1v) is 6.44. The maximum absolute atomic E-state index is 13.9. The fourth-order valence-corrected chi connectivity index (χ4v) is 1.73. The molecule has 1 unspecified atom stereocenters. The van der Waals surface area contributed by atoms with Crippen LogP contribution in [0.2, 0.25) is 0 Å². The van der Waals surface area contributed by atoms with Gasteiger partial charge in [0.05, 0.1) is 19.9 Å². The number of carboxylic acids is 1. The zero-order valence-electron chi connectivity index (χ0n) is 13.8. The van der Waals surface area contributed by atoms with Crippen LogP contribution in [0.15, 0.2) is 12.1 Å². The largest absolute Gasteiger partial charge is 1.00 e. The number of rotatable bonds is 6. The van der Waals surface area contributed by atoms with Gasteiger partial charge >= 0.3 is 57.4 Å². The Morgan fingerprint density at radius 3 is 2.30 bits per heavy atom. The van der Waals surface area contributed by atoms with Crippen molar-refractivity contribution in [3.05, 3.63) is 17.9 Å². The van der Waals surface area contributed by atoms with E-state index >= 15 is 0 Å². The fourth-order valence-electron chi connectivity index (χ4n) is 1.73. The number of carbonyl (C=O) groups excluding carboxylic acids is 2. The van der Waals surface area contributed by atoms with Crippen molar-refractivity contribution in [3.63, 3.8) is 0 Å². The van der Waals surface area contributed by atoms with Crippen LogP contribution in [0.4, 0.5) is 14.9 Å². The number of amides is 2. The van der Waals surface area contributed by atoms with E-state index in [2.05, 4.69) is 5.32 Å². The summed E-state index contributed by atoms with van der Waals surface area (Å²) >= 11 is 0. The van der Waals surface area contributed by atoms with Gasteiger partial charge in [-0.15, -0.1) is 0 Å². The van der Waals surface area contributed by atoms with Gasteiger partial charge in [-0.2, -0.15) is 0 Å². The molecule has 1 aromatic rings. The standard InChI is InChI=1S/C14H19FN2O5.K/c1-8(13(18)19)7-17(2)14(20)16-10-6-12(22-4)11(21-3)5-9(10)15;/h5-6,8H,7H2,1-4H3,(H,16,20)(H,18,19);/q;+1/p-1. The molecule has 7 nitrogen and oxygen atoms in total. The van der Waals surface area contributed by atoms with Crippen LogP contribution in [-0.4, -0.2) is 44.7 Å². The minimum Gasteiger partial charge on any atom is -0.550 e. The maximum atomic E-state index is 13.9. The molecule has 0 aliphatic carbocycles. The Bertz CT molecular complexity index is 570. The van der Waals surface area contributed by atoms with E-state index in [-0.39, 0.29) is 75.1 Å².